The third kappa shape index (κ3) is 23.2. The Hall–Kier alpha value is -0.340. The van der Waals surface area contributed by atoms with Gasteiger partial charge in [0, 0.05) is 11.6 Å². The van der Waals surface area contributed by atoms with Gasteiger partial charge in [-0.15, -0.1) is 0 Å². The Labute approximate surface area is 210 Å². The Morgan fingerprint density at radius 3 is 1.36 bits per heavy atom. The van der Waals surface area contributed by atoms with Crippen molar-refractivity contribution in [3.63, 3.8) is 0 Å². The van der Waals surface area contributed by atoms with E-state index >= 15 is 0 Å². The van der Waals surface area contributed by atoms with Crippen molar-refractivity contribution in [1.82, 2.24) is 0 Å². The third-order valence-corrected chi connectivity index (χ3v) is 7.44. The van der Waals surface area contributed by atoms with Gasteiger partial charge in [-0.1, -0.05) is 142 Å². The first-order chi connectivity index (χ1) is 16.0. The van der Waals surface area contributed by atoms with Crippen LogP contribution in [0.25, 0.3) is 0 Å². The summed E-state index contributed by atoms with van der Waals surface area (Å²) >= 11 is 0. The summed E-state index contributed by atoms with van der Waals surface area (Å²) in [5.74, 6) is 0. The van der Waals surface area contributed by atoms with Crippen LogP contribution >= 0.6 is 0 Å². The Morgan fingerprint density at radius 1 is 0.545 bits per heavy atom. The summed E-state index contributed by atoms with van der Waals surface area (Å²) in [4.78, 5) is 0. The second-order valence-electron chi connectivity index (χ2n) is 11.1. The SMILES string of the molecule is CCCCCCCC/C=C\CCCCCCCC(C)(N)C(N)CCCCCCCCCCC. The molecule has 33 heavy (non-hydrogen) atoms. The predicted octanol–water partition coefficient (Wildman–Crippen LogP) is 9.99. The summed E-state index contributed by atoms with van der Waals surface area (Å²) in [7, 11) is 0. The van der Waals surface area contributed by atoms with Crippen molar-refractivity contribution in [2.45, 2.75) is 186 Å². The number of hydrogen-bond acceptors (Lipinski definition) is 2. The average Bonchev–Trinajstić information content (AvgIpc) is 2.80. The molecule has 0 heterocycles. The van der Waals surface area contributed by atoms with Crippen molar-refractivity contribution in [2.24, 2.45) is 11.5 Å². The molecule has 0 aliphatic heterocycles. The standard InChI is InChI=1S/C31H64N2/c1-4-6-8-10-12-14-15-16-17-18-19-21-23-25-27-29-31(3,33)30(32)28-26-24-22-20-13-11-9-7-5-2/h16-17,30H,4-15,18-29,32-33H2,1-3H3/b17-16-. The van der Waals surface area contributed by atoms with Gasteiger partial charge in [-0.3, -0.25) is 0 Å². The Bertz CT molecular complexity index is 402. The minimum absolute atomic E-state index is 0.152. The smallest absolute Gasteiger partial charge is 0.0279 e. The summed E-state index contributed by atoms with van der Waals surface area (Å²) in [6.45, 7) is 6.75. The highest BCUT2D eigenvalue weighted by Gasteiger charge is 2.25. The second-order valence-corrected chi connectivity index (χ2v) is 11.1. The summed E-state index contributed by atoms with van der Waals surface area (Å²) in [6, 6.07) is 0.152. The molecule has 2 heteroatoms. The van der Waals surface area contributed by atoms with Gasteiger partial charge in [-0.2, -0.15) is 0 Å². The van der Waals surface area contributed by atoms with E-state index in [2.05, 4.69) is 32.9 Å². The first-order valence-electron chi connectivity index (χ1n) is 15.2. The Morgan fingerprint density at radius 2 is 0.909 bits per heavy atom. The summed E-state index contributed by atoms with van der Waals surface area (Å²) in [6.07, 6.45) is 36.8. The molecule has 0 aliphatic carbocycles. The van der Waals surface area contributed by atoms with Crippen molar-refractivity contribution < 1.29 is 0 Å². The summed E-state index contributed by atoms with van der Waals surface area (Å²) in [5, 5.41) is 0. The van der Waals surface area contributed by atoms with E-state index in [9.17, 15) is 0 Å². The van der Waals surface area contributed by atoms with E-state index in [0.29, 0.717) is 0 Å². The van der Waals surface area contributed by atoms with Gasteiger partial charge in [-0.05, 0) is 45.4 Å². The first kappa shape index (κ1) is 32.7. The summed E-state index contributed by atoms with van der Waals surface area (Å²) in [5.41, 5.74) is 12.9. The molecule has 2 unspecified atom stereocenters. The van der Waals surface area contributed by atoms with Gasteiger partial charge in [0.15, 0.2) is 0 Å². The van der Waals surface area contributed by atoms with Crippen LogP contribution in [-0.2, 0) is 0 Å². The van der Waals surface area contributed by atoms with Crippen LogP contribution in [0.2, 0.25) is 0 Å². The maximum absolute atomic E-state index is 6.59. The molecule has 0 radical (unpaired) electrons. The van der Waals surface area contributed by atoms with Crippen LogP contribution in [0, 0.1) is 0 Å². The highest BCUT2D eigenvalue weighted by molar-refractivity contribution is 4.89. The Kier molecular flexibility index (Phi) is 24.5. The molecule has 198 valence electrons. The number of unbranched alkanes of at least 4 members (excludes halogenated alkanes) is 19. The first-order valence-corrected chi connectivity index (χ1v) is 15.2. The van der Waals surface area contributed by atoms with Crippen LogP contribution in [0.3, 0.4) is 0 Å². The number of allylic oxidation sites excluding steroid dienone is 2. The molecule has 0 fully saturated rings. The molecule has 0 aromatic heterocycles. The van der Waals surface area contributed by atoms with Crippen LogP contribution in [0.15, 0.2) is 12.2 Å². The lowest BCUT2D eigenvalue weighted by molar-refractivity contribution is 0.315. The minimum atomic E-state index is -0.195. The molecule has 0 saturated carbocycles. The van der Waals surface area contributed by atoms with E-state index in [4.69, 9.17) is 11.5 Å². The number of rotatable bonds is 26. The van der Waals surface area contributed by atoms with Crippen LogP contribution in [0.5, 0.6) is 0 Å². The molecule has 0 aromatic carbocycles. The molecule has 0 rings (SSSR count). The molecule has 2 atom stereocenters. The van der Waals surface area contributed by atoms with Gasteiger partial charge < -0.3 is 11.5 Å². The zero-order valence-electron chi connectivity index (χ0n) is 23.4. The van der Waals surface area contributed by atoms with Gasteiger partial charge in [0.1, 0.15) is 0 Å². The molecule has 4 N–H and O–H groups in total. The second kappa shape index (κ2) is 24.8. The van der Waals surface area contributed by atoms with E-state index in [1.165, 1.54) is 141 Å². The molecule has 0 aromatic rings. The van der Waals surface area contributed by atoms with Crippen molar-refractivity contribution in [3.05, 3.63) is 12.2 Å². The highest BCUT2D eigenvalue weighted by atomic mass is 14.8. The molecule has 0 bridgehead atoms. The van der Waals surface area contributed by atoms with Gasteiger partial charge in [0.25, 0.3) is 0 Å². The zero-order valence-corrected chi connectivity index (χ0v) is 23.4. The predicted molar refractivity (Wildman–Crippen MR) is 152 cm³/mol. The highest BCUT2D eigenvalue weighted by Crippen LogP contribution is 2.20. The fraction of sp³-hybridized carbons (Fsp3) is 0.935. The maximum Gasteiger partial charge on any atom is 0.0279 e. The molecular formula is C31H64N2. The van der Waals surface area contributed by atoms with Gasteiger partial charge in [-0.25, -0.2) is 0 Å². The molecule has 0 amide bonds. The van der Waals surface area contributed by atoms with Crippen molar-refractivity contribution in [3.8, 4) is 0 Å². The van der Waals surface area contributed by atoms with Gasteiger partial charge >= 0.3 is 0 Å². The van der Waals surface area contributed by atoms with Crippen LogP contribution in [0.4, 0.5) is 0 Å². The van der Waals surface area contributed by atoms with Crippen LogP contribution in [0.1, 0.15) is 175 Å². The number of nitrogens with two attached hydrogens (primary N) is 2. The zero-order chi connectivity index (χ0) is 24.5. The molecular weight excluding hydrogens is 400 g/mol. The van der Waals surface area contributed by atoms with E-state index < -0.39 is 0 Å². The quantitative estimate of drug-likeness (QED) is 0.0987. The van der Waals surface area contributed by atoms with E-state index in [-0.39, 0.29) is 11.6 Å². The number of hydrogen-bond donors (Lipinski definition) is 2. The topological polar surface area (TPSA) is 52.0 Å². The normalized spacial score (nSPS) is 14.7. The van der Waals surface area contributed by atoms with Crippen molar-refractivity contribution >= 4 is 0 Å². The molecule has 2 nitrogen and oxygen atoms in total. The monoisotopic (exact) mass is 465 g/mol. The van der Waals surface area contributed by atoms with E-state index in [1.54, 1.807) is 0 Å². The fourth-order valence-corrected chi connectivity index (χ4v) is 4.77. The van der Waals surface area contributed by atoms with Crippen molar-refractivity contribution in [1.29, 1.82) is 0 Å². The largest absolute Gasteiger partial charge is 0.326 e. The lowest BCUT2D eigenvalue weighted by Gasteiger charge is -2.31. The van der Waals surface area contributed by atoms with Crippen molar-refractivity contribution in [2.75, 3.05) is 0 Å². The average molecular weight is 465 g/mol. The molecule has 0 aliphatic rings. The van der Waals surface area contributed by atoms with E-state index in [1.807, 2.05) is 0 Å². The minimum Gasteiger partial charge on any atom is -0.326 e. The fourth-order valence-electron chi connectivity index (χ4n) is 4.77. The van der Waals surface area contributed by atoms with Crippen LogP contribution < -0.4 is 11.5 Å². The lowest BCUT2D eigenvalue weighted by atomic mass is 9.85. The van der Waals surface area contributed by atoms with Crippen LogP contribution in [-0.4, -0.2) is 11.6 Å². The maximum atomic E-state index is 6.59. The third-order valence-electron chi connectivity index (χ3n) is 7.44. The van der Waals surface area contributed by atoms with Gasteiger partial charge in [0.05, 0.1) is 0 Å². The van der Waals surface area contributed by atoms with Gasteiger partial charge in [0.2, 0.25) is 0 Å². The Balaban J connectivity index is 3.50. The molecule has 0 spiro atoms. The summed E-state index contributed by atoms with van der Waals surface area (Å²) < 4.78 is 0. The van der Waals surface area contributed by atoms with E-state index in [0.717, 1.165) is 12.8 Å². The lowest BCUT2D eigenvalue weighted by Crippen LogP contribution is -2.52. The molecule has 0 saturated heterocycles.